The molecule has 3 rings (SSSR count). The zero-order chi connectivity index (χ0) is 15.7. The highest BCUT2D eigenvalue weighted by atomic mass is 79.9. The Kier molecular flexibility index (Phi) is 4.56. The van der Waals surface area contributed by atoms with Crippen molar-refractivity contribution in [1.82, 2.24) is 9.55 Å². The molecule has 0 unspecified atom stereocenters. The van der Waals surface area contributed by atoms with Crippen LogP contribution >= 0.6 is 39.0 Å². The van der Waals surface area contributed by atoms with Gasteiger partial charge in [0.25, 0.3) is 5.56 Å². The summed E-state index contributed by atoms with van der Waals surface area (Å²) >= 11 is 6.43. The molecular formula is C15H13BrN2O2S2. The van der Waals surface area contributed by atoms with E-state index in [-0.39, 0.29) is 5.56 Å². The van der Waals surface area contributed by atoms with E-state index >= 15 is 0 Å². The fourth-order valence-electron chi connectivity index (χ4n) is 2.10. The van der Waals surface area contributed by atoms with Crippen molar-refractivity contribution in [3.8, 4) is 5.75 Å². The van der Waals surface area contributed by atoms with Crippen LogP contribution in [0.4, 0.5) is 0 Å². The third-order valence-corrected chi connectivity index (χ3v) is 5.71. The Hall–Kier alpha value is -1.31. The minimum Gasteiger partial charge on any atom is -0.496 e. The zero-order valence-electron chi connectivity index (χ0n) is 12.0. The van der Waals surface area contributed by atoms with Crippen molar-refractivity contribution in [2.75, 3.05) is 7.11 Å². The second-order valence-corrected chi connectivity index (χ2v) is 7.41. The van der Waals surface area contributed by atoms with Gasteiger partial charge in [-0.15, -0.1) is 11.3 Å². The second-order valence-electron chi connectivity index (χ2n) is 4.64. The average Bonchev–Trinajstić information content (AvgIpc) is 2.98. The number of hydrogen-bond acceptors (Lipinski definition) is 5. The summed E-state index contributed by atoms with van der Waals surface area (Å²) in [6.07, 6.45) is 0. The van der Waals surface area contributed by atoms with E-state index in [1.807, 2.05) is 29.6 Å². The van der Waals surface area contributed by atoms with E-state index in [1.165, 1.54) is 23.1 Å². The van der Waals surface area contributed by atoms with Gasteiger partial charge in [0.15, 0.2) is 5.16 Å². The van der Waals surface area contributed by atoms with Gasteiger partial charge in [0, 0.05) is 22.8 Å². The van der Waals surface area contributed by atoms with Gasteiger partial charge >= 0.3 is 0 Å². The molecule has 0 spiro atoms. The molecule has 0 saturated carbocycles. The summed E-state index contributed by atoms with van der Waals surface area (Å²) in [5.74, 6) is 1.51. The molecule has 0 radical (unpaired) electrons. The minimum absolute atomic E-state index is 0.00343. The molecule has 0 aliphatic heterocycles. The molecule has 3 aromatic rings. The first-order chi connectivity index (χ1) is 10.6. The standard InChI is InChI=1S/C15H13BrN2O2S2/c1-18-14(19)13-11(5-6-21-13)17-15(18)22-8-9-7-10(16)3-4-12(9)20-2/h3-7H,8H2,1-2H3. The summed E-state index contributed by atoms with van der Waals surface area (Å²) in [5.41, 5.74) is 1.82. The number of methoxy groups -OCH3 is 1. The summed E-state index contributed by atoms with van der Waals surface area (Å²) in [6.45, 7) is 0. The quantitative estimate of drug-likeness (QED) is 0.492. The number of halogens is 1. The Labute approximate surface area is 144 Å². The molecule has 2 aromatic heterocycles. The predicted octanol–water partition coefficient (Wildman–Crippen LogP) is 4.06. The van der Waals surface area contributed by atoms with E-state index in [9.17, 15) is 4.79 Å². The first-order valence-corrected chi connectivity index (χ1v) is 9.15. The monoisotopic (exact) mass is 396 g/mol. The molecule has 0 N–H and O–H groups in total. The van der Waals surface area contributed by atoms with Crippen LogP contribution in [0.1, 0.15) is 5.56 Å². The molecule has 0 amide bonds. The molecule has 0 saturated heterocycles. The lowest BCUT2D eigenvalue weighted by Gasteiger charge is -2.10. The predicted molar refractivity (Wildman–Crippen MR) is 95.1 cm³/mol. The minimum atomic E-state index is 0.00343. The smallest absolute Gasteiger partial charge is 0.271 e. The van der Waals surface area contributed by atoms with E-state index < -0.39 is 0 Å². The number of benzene rings is 1. The van der Waals surface area contributed by atoms with E-state index in [2.05, 4.69) is 20.9 Å². The van der Waals surface area contributed by atoms with Gasteiger partial charge in [0.05, 0.1) is 12.6 Å². The largest absolute Gasteiger partial charge is 0.496 e. The lowest BCUT2D eigenvalue weighted by Crippen LogP contribution is -2.18. The first-order valence-electron chi connectivity index (χ1n) is 6.49. The second kappa shape index (κ2) is 6.44. The topological polar surface area (TPSA) is 44.1 Å². The lowest BCUT2D eigenvalue weighted by atomic mass is 10.2. The van der Waals surface area contributed by atoms with Gasteiger partial charge < -0.3 is 4.74 Å². The highest BCUT2D eigenvalue weighted by Gasteiger charge is 2.11. The number of nitrogens with zero attached hydrogens (tertiary/aromatic N) is 2. The van der Waals surface area contributed by atoms with Gasteiger partial charge in [-0.25, -0.2) is 4.98 Å². The summed E-state index contributed by atoms with van der Waals surface area (Å²) in [5, 5.41) is 2.60. The number of thiophene rings is 1. The number of rotatable bonds is 4. The molecule has 0 aliphatic rings. The maximum Gasteiger partial charge on any atom is 0.271 e. The van der Waals surface area contributed by atoms with E-state index in [4.69, 9.17) is 4.74 Å². The summed E-state index contributed by atoms with van der Waals surface area (Å²) in [4.78, 5) is 16.9. The van der Waals surface area contributed by atoms with Gasteiger partial charge in [-0.2, -0.15) is 0 Å². The average molecular weight is 397 g/mol. The first kappa shape index (κ1) is 15.6. The van der Waals surface area contributed by atoms with E-state index in [0.717, 1.165) is 21.3 Å². The summed E-state index contributed by atoms with van der Waals surface area (Å²) in [6, 6.07) is 7.77. The summed E-state index contributed by atoms with van der Waals surface area (Å²) < 4.78 is 8.68. The Morgan fingerprint density at radius 1 is 1.41 bits per heavy atom. The fraction of sp³-hybridized carbons (Fsp3) is 0.200. The van der Waals surface area contributed by atoms with Crippen molar-refractivity contribution in [2.24, 2.45) is 7.05 Å². The molecule has 0 atom stereocenters. The summed E-state index contributed by atoms with van der Waals surface area (Å²) in [7, 11) is 3.41. The molecule has 114 valence electrons. The van der Waals surface area contributed by atoms with Gasteiger partial charge in [0.1, 0.15) is 10.4 Å². The van der Waals surface area contributed by atoms with Crippen molar-refractivity contribution in [3.05, 3.63) is 50.0 Å². The number of aromatic nitrogens is 2. The van der Waals surface area contributed by atoms with Crippen molar-refractivity contribution >= 4 is 49.2 Å². The Morgan fingerprint density at radius 3 is 3.00 bits per heavy atom. The molecule has 4 nitrogen and oxygen atoms in total. The molecule has 7 heteroatoms. The van der Waals surface area contributed by atoms with Crippen molar-refractivity contribution in [2.45, 2.75) is 10.9 Å². The van der Waals surface area contributed by atoms with Crippen molar-refractivity contribution < 1.29 is 4.74 Å². The molecule has 0 aliphatic carbocycles. The molecule has 22 heavy (non-hydrogen) atoms. The highest BCUT2D eigenvalue weighted by Crippen LogP contribution is 2.29. The van der Waals surface area contributed by atoms with Gasteiger partial charge in [0.2, 0.25) is 0 Å². The van der Waals surface area contributed by atoms with Crippen LogP contribution in [0.15, 0.2) is 44.1 Å². The maximum absolute atomic E-state index is 12.3. The highest BCUT2D eigenvalue weighted by molar-refractivity contribution is 9.10. The Morgan fingerprint density at radius 2 is 2.23 bits per heavy atom. The normalized spacial score (nSPS) is 11.0. The van der Waals surface area contributed by atoms with Gasteiger partial charge in [-0.3, -0.25) is 9.36 Å². The molecule has 1 aromatic carbocycles. The fourth-order valence-corrected chi connectivity index (χ4v) is 4.26. The van der Waals surface area contributed by atoms with Crippen molar-refractivity contribution in [1.29, 1.82) is 0 Å². The molecule has 0 bridgehead atoms. The van der Waals surface area contributed by atoms with Crippen molar-refractivity contribution in [3.63, 3.8) is 0 Å². The van der Waals surface area contributed by atoms with E-state index in [0.29, 0.717) is 15.6 Å². The van der Waals surface area contributed by atoms with Crippen LogP contribution in [0, 0.1) is 0 Å². The number of fused-ring (bicyclic) bond motifs is 1. The number of thioether (sulfide) groups is 1. The molecule has 2 heterocycles. The number of hydrogen-bond donors (Lipinski definition) is 0. The van der Waals surface area contributed by atoms with Gasteiger partial charge in [-0.05, 0) is 29.6 Å². The maximum atomic E-state index is 12.3. The number of ether oxygens (including phenoxy) is 1. The van der Waals surface area contributed by atoms with E-state index in [1.54, 1.807) is 18.7 Å². The third-order valence-electron chi connectivity index (χ3n) is 3.25. The third kappa shape index (κ3) is 2.93. The van der Waals surface area contributed by atoms with Crippen LogP contribution in [-0.2, 0) is 12.8 Å². The SMILES string of the molecule is COc1ccc(Br)cc1CSc1nc2ccsc2c(=O)n1C. The Bertz CT molecular complexity index is 889. The van der Waals surface area contributed by atoms with Crippen LogP contribution < -0.4 is 10.3 Å². The van der Waals surface area contributed by atoms with Gasteiger partial charge in [-0.1, -0.05) is 27.7 Å². The Balaban J connectivity index is 1.93. The lowest BCUT2D eigenvalue weighted by molar-refractivity contribution is 0.411. The van der Waals surface area contributed by atoms with Crippen LogP contribution in [-0.4, -0.2) is 16.7 Å². The van der Waals surface area contributed by atoms with Crippen LogP contribution in [0.2, 0.25) is 0 Å². The van der Waals surface area contributed by atoms with Crippen LogP contribution in [0.25, 0.3) is 10.2 Å². The van der Waals surface area contributed by atoms with Crippen LogP contribution in [0.3, 0.4) is 0 Å². The molecular weight excluding hydrogens is 384 g/mol. The zero-order valence-corrected chi connectivity index (χ0v) is 15.2. The van der Waals surface area contributed by atoms with Crippen LogP contribution in [0.5, 0.6) is 5.75 Å². The molecule has 0 fully saturated rings.